The molecule has 0 spiro atoms. The van der Waals surface area contributed by atoms with Crippen LogP contribution in [0.3, 0.4) is 0 Å². The lowest BCUT2D eigenvalue weighted by molar-refractivity contribution is -0.140. The molecule has 0 radical (unpaired) electrons. The molecular weight excluding hydrogens is 492 g/mol. The third kappa shape index (κ3) is 6.01. The lowest BCUT2D eigenvalue weighted by Crippen LogP contribution is -2.33. The number of aliphatic hydroxyl groups is 1. The Bertz CT molecular complexity index is 1360. The van der Waals surface area contributed by atoms with Crippen molar-refractivity contribution in [3.63, 3.8) is 0 Å². The Morgan fingerprint density at radius 1 is 1.13 bits per heavy atom. The van der Waals surface area contributed by atoms with E-state index in [-0.39, 0.29) is 11.3 Å². The van der Waals surface area contributed by atoms with Gasteiger partial charge in [-0.05, 0) is 75.1 Å². The fourth-order valence-electron chi connectivity index (χ4n) is 5.17. The van der Waals surface area contributed by atoms with Crippen molar-refractivity contribution in [2.45, 2.75) is 53.5 Å². The SMILES string of the molecule is CCN(CC)CCCN1C(=O)C(=O)/C(=C(/O)c2c(C)nc3ccccn23)C1c1cccc(OCCC(C)C)c1. The van der Waals surface area contributed by atoms with E-state index in [1.807, 2.05) is 42.5 Å². The van der Waals surface area contributed by atoms with Crippen molar-refractivity contribution in [3.05, 3.63) is 71.2 Å². The zero-order valence-corrected chi connectivity index (χ0v) is 23.7. The van der Waals surface area contributed by atoms with Crippen molar-refractivity contribution in [2.75, 3.05) is 32.8 Å². The van der Waals surface area contributed by atoms with E-state index in [4.69, 9.17) is 4.74 Å². The van der Waals surface area contributed by atoms with Crippen molar-refractivity contribution in [1.29, 1.82) is 0 Å². The number of aromatic nitrogens is 2. The maximum atomic E-state index is 13.5. The highest BCUT2D eigenvalue weighted by molar-refractivity contribution is 6.46. The van der Waals surface area contributed by atoms with Crippen molar-refractivity contribution in [2.24, 2.45) is 5.92 Å². The average molecular weight is 533 g/mol. The molecule has 8 nitrogen and oxygen atoms in total. The van der Waals surface area contributed by atoms with Crippen LogP contribution >= 0.6 is 0 Å². The van der Waals surface area contributed by atoms with Crippen LogP contribution in [-0.4, -0.2) is 68.8 Å². The van der Waals surface area contributed by atoms with Crippen LogP contribution in [0.1, 0.15) is 63.5 Å². The van der Waals surface area contributed by atoms with Gasteiger partial charge in [-0.25, -0.2) is 4.98 Å². The summed E-state index contributed by atoms with van der Waals surface area (Å²) in [5.41, 5.74) is 2.46. The summed E-state index contributed by atoms with van der Waals surface area (Å²) in [5.74, 6) is -0.310. The van der Waals surface area contributed by atoms with Gasteiger partial charge in [-0.15, -0.1) is 0 Å². The number of fused-ring (bicyclic) bond motifs is 1. The van der Waals surface area contributed by atoms with E-state index >= 15 is 0 Å². The largest absolute Gasteiger partial charge is 0.505 e. The third-order valence-corrected chi connectivity index (χ3v) is 7.37. The molecule has 1 saturated heterocycles. The molecular formula is C31H40N4O4. The van der Waals surface area contributed by atoms with E-state index in [1.54, 1.807) is 22.4 Å². The minimum absolute atomic E-state index is 0.0796. The molecule has 1 unspecified atom stereocenters. The smallest absolute Gasteiger partial charge is 0.295 e. The predicted octanol–water partition coefficient (Wildman–Crippen LogP) is 5.22. The number of ether oxygens (including phenoxy) is 1. The maximum Gasteiger partial charge on any atom is 0.295 e. The summed E-state index contributed by atoms with van der Waals surface area (Å²) < 4.78 is 7.76. The number of amides is 1. The first kappa shape index (κ1) is 28.4. The highest BCUT2D eigenvalue weighted by Crippen LogP contribution is 2.41. The quantitative estimate of drug-likeness (QED) is 0.195. The molecule has 39 heavy (non-hydrogen) atoms. The number of aliphatic hydroxyl groups excluding tert-OH is 1. The Morgan fingerprint density at radius 2 is 1.90 bits per heavy atom. The minimum Gasteiger partial charge on any atom is -0.505 e. The first-order chi connectivity index (χ1) is 18.8. The fourth-order valence-corrected chi connectivity index (χ4v) is 5.17. The standard InChI is InChI=1S/C31H40N4O4/c1-6-33(7-2)16-11-18-35-28(23-12-10-13-24(20-23)39-19-15-21(3)4)26(30(37)31(35)38)29(36)27-22(5)32-25-14-8-9-17-34(25)27/h8-10,12-14,17,20-21,28,36H,6-7,11,15-16,18-19H2,1-5H3/b29-26+. The van der Waals surface area contributed by atoms with E-state index in [9.17, 15) is 14.7 Å². The van der Waals surface area contributed by atoms with E-state index in [2.05, 4.69) is 37.6 Å². The number of pyridine rings is 1. The number of ketones is 1. The number of hydrogen-bond acceptors (Lipinski definition) is 6. The van der Waals surface area contributed by atoms with E-state index in [1.165, 1.54) is 0 Å². The number of carbonyl (C=O) groups is 2. The van der Waals surface area contributed by atoms with Gasteiger partial charge in [0.15, 0.2) is 5.76 Å². The Morgan fingerprint density at radius 3 is 2.62 bits per heavy atom. The second kappa shape index (κ2) is 12.5. The summed E-state index contributed by atoms with van der Waals surface area (Å²) >= 11 is 0. The predicted molar refractivity (Wildman–Crippen MR) is 153 cm³/mol. The molecule has 1 aliphatic rings. The van der Waals surface area contributed by atoms with Crippen LogP contribution in [-0.2, 0) is 9.59 Å². The monoisotopic (exact) mass is 532 g/mol. The van der Waals surface area contributed by atoms with Crippen LogP contribution in [0.15, 0.2) is 54.2 Å². The zero-order chi connectivity index (χ0) is 28.1. The molecule has 3 heterocycles. The molecule has 0 saturated carbocycles. The summed E-state index contributed by atoms with van der Waals surface area (Å²) in [6.07, 6.45) is 3.43. The Balaban J connectivity index is 1.78. The van der Waals surface area contributed by atoms with Crippen molar-refractivity contribution in [1.82, 2.24) is 19.2 Å². The van der Waals surface area contributed by atoms with Gasteiger partial charge in [0.25, 0.3) is 11.7 Å². The van der Waals surface area contributed by atoms with Gasteiger partial charge in [0.2, 0.25) is 0 Å². The summed E-state index contributed by atoms with van der Waals surface area (Å²) in [6, 6.07) is 12.3. The van der Waals surface area contributed by atoms with E-state index in [0.29, 0.717) is 48.3 Å². The molecule has 0 bridgehead atoms. The Kier molecular flexibility index (Phi) is 9.07. The van der Waals surface area contributed by atoms with Crippen LogP contribution in [0.4, 0.5) is 0 Å². The number of aryl methyl sites for hydroxylation is 1. The van der Waals surface area contributed by atoms with E-state index < -0.39 is 17.7 Å². The highest BCUT2D eigenvalue weighted by Gasteiger charge is 2.46. The third-order valence-electron chi connectivity index (χ3n) is 7.37. The first-order valence-corrected chi connectivity index (χ1v) is 13.9. The maximum absolute atomic E-state index is 13.5. The summed E-state index contributed by atoms with van der Waals surface area (Å²) in [7, 11) is 0. The average Bonchev–Trinajstić information content (AvgIpc) is 3.39. The molecule has 1 fully saturated rings. The van der Waals surface area contributed by atoms with Crippen molar-refractivity contribution >= 4 is 23.1 Å². The molecule has 8 heteroatoms. The topological polar surface area (TPSA) is 87.4 Å². The van der Waals surface area contributed by atoms with Gasteiger partial charge in [-0.3, -0.25) is 14.0 Å². The first-order valence-electron chi connectivity index (χ1n) is 13.9. The van der Waals surface area contributed by atoms with Crippen molar-refractivity contribution in [3.8, 4) is 5.75 Å². The van der Waals surface area contributed by atoms with Crippen LogP contribution < -0.4 is 4.74 Å². The number of likely N-dealkylation sites (tertiary alicyclic amines) is 1. The van der Waals surface area contributed by atoms with Gasteiger partial charge in [-0.1, -0.05) is 45.9 Å². The second-order valence-corrected chi connectivity index (χ2v) is 10.5. The lowest BCUT2D eigenvalue weighted by atomic mass is 9.96. The van der Waals surface area contributed by atoms with Gasteiger partial charge < -0.3 is 19.6 Å². The number of carbonyl (C=O) groups excluding carboxylic acids is 2. The zero-order valence-electron chi connectivity index (χ0n) is 23.7. The Hall–Kier alpha value is -3.65. The van der Waals surface area contributed by atoms with Gasteiger partial charge in [0.05, 0.1) is 23.9 Å². The molecule has 4 rings (SSSR count). The van der Waals surface area contributed by atoms with Crippen LogP contribution in [0.2, 0.25) is 0 Å². The molecule has 1 atom stereocenters. The molecule has 1 N–H and O–H groups in total. The Labute approximate surface area is 230 Å². The molecule has 1 aromatic carbocycles. The van der Waals surface area contributed by atoms with Crippen LogP contribution in [0.25, 0.3) is 11.4 Å². The molecule has 3 aromatic rings. The number of hydrogen-bond donors (Lipinski definition) is 1. The molecule has 0 aliphatic carbocycles. The lowest BCUT2D eigenvalue weighted by Gasteiger charge is -2.27. The number of rotatable bonds is 12. The summed E-state index contributed by atoms with van der Waals surface area (Å²) in [6.45, 7) is 13.9. The molecule has 208 valence electrons. The van der Waals surface area contributed by atoms with Gasteiger partial charge in [-0.2, -0.15) is 0 Å². The second-order valence-electron chi connectivity index (χ2n) is 10.5. The van der Waals surface area contributed by atoms with Crippen LogP contribution in [0, 0.1) is 12.8 Å². The van der Waals surface area contributed by atoms with Crippen LogP contribution in [0.5, 0.6) is 5.75 Å². The molecule has 1 aliphatic heterocycles. The van der Waals surface area contributed by atoms with Gasteiger partial charge in [0.1, 0.15) is 17.1 Å². The normalized spacial score (nSPS) is 17.2. The number of nitrogens with zero attached hydrogens (tertiary/aromatic N) is 4. The minimum atomic E-state index is -0.732. The number of Topliss-reactive ketones (excluding diaryl/α,β-unsaturated/α-hetero) is 1. The molecule has 1 amide bonds. The highest BCUT2D eigenvalue weighted by atomic mass is 16.5. The van der Waals surface area contributed by atoms with Gasteiger partial charge in [0, 0.05) is 12.7 Å². The van der Waals surface area contributed by atoms with Crippen molar-refractivity contribution < 1.29 is 19.4 Å². The number of imidazole rings is 1. The summed E-state index contributed by atoms with van der Waals surface area (Å²) in [4.78, 5) is 35.4. The fraction of sp³-hybridized carbons (Fsp3) is 0.452. The number of benzene rings is 1. The summed E-state index contributed by atoms with van der Waals surface area (Å²) in [5, 5.41) is 11.7. The van der Waals surface area contributed by atoms with Gasteiger partial charge >= 0.3 is 0 Å². The molecule has 2 aromatic heterocycles. The van der Waals surface area contributed by atoms with E-state index in [0.717, 1.165) is 31.6 Å².